The lowest BCUT2D eigenvalue weighted by atomic mass is 9.98. The van der Waals surface area contributed by atoms with E-state index in [4.69, 9.17) is 9.47 Å². The van der Waals surface area contributed by atoms with Crippen LogP contribution in [0, 0.1) is 0 Å². The van der Waals surface area contributed by atoms with E-state index < -0.39 is 0 Å². The smallest absolute Gasteiger partial charge is 0.414 e. The van der Waals surface area contributed by atoms with Crippen molar-refractivity contribution in [1.29, 1.82) is 0 Å². The van der Waals surface area contributed by atoms with Crippen LogP contribution < -0.4 is 9.47 Å². The highest BCUT2D eigenvalue weighted by Gasteiger charge is 2.16. The van der Waals surface area contributed by atoms with Crippen molar-refractivity contribution in [2.24, 2.45) is 0 Å². The summed E-state index contributed by atoms with van der Waals surface area (Å²) in [5.41, 5.74) is 2.40. The highest BCUT2D eigenvalue weighted by atomic mass is 35.5. The van der Waals surface area contributed by atoms with E-state index in [1.165, 1.54) is 10.5 Å². The first kappa shape index (κ1) is 22.8. The van der Waals surface area contributed by atoms with Gasteiger partial charge in [0.25, 0.3) is 0 Å². The van der Waals surface area contributed by atoms with Crippen molar-refractivity contribution in [1.82, 2.24) is 9.80 Å². The molecule has 0 spiro atoms. The van der Waals surface area contributed by atoms with Crippen LogP contribution in [0.4, 0.5) is 4.79 Å². The zero-order valence-corrected chi connectivity index (χ0v) is 17.5. The second kappa shape index (κ2) is 10.8. The molecular formula is C21H29ClN2O3. The van der Waals surface area contributed by atoms with E-state index in [0.717, 1.165) is 24.2 Å². The number of nitrogens with zero attached hydrogens (tertiary/aromatic N) is 2. The van der Waals surface area contributed by atoms with Crippen molar-refractivity contribution in [3.63, 3.8) is 0 Å². The molecule has 2 aromatic rings. The number of carbonyl (C=O) groups excluding carboxylic acids is 1. The lowest BCUT2D eigenvalue weighted by Crippen LogP contribution is -2.25. The summed E-state index contributed by atoms with van der Waals surface area (Å²) in [6.45, 7) is 0. The van der Waals surface area contributed by atoms with Crippen LogP contribution in [0.5, 0.6) is 11.5 Å². The Kier molecular flexibility index (Phi) is 9.12. The van der Waals surface area contributed by atoms with Gasteiger partial charge in [-0.15, -0.1) is 12.4 Å². The molecule has 0 saturated carbocycles. The van der Waals surface area contributed by atoms with Crippen LogP contribution >= 0.6 is 12.4 Å². The van der Waals surface area contributed by atoms with Gasteiger partial charge in [0, 0.05) is 20.1 Å². The van der Waals surface area contributed by atoms with Gasteiger partial charge in [0.15, 0.2) is 0 Å². The molecule has 0 aliphatic heterocycles. The zero-order valence-electron chi connectivity index (χ0n) is 16.6. The molecule has 0 aromatic heterocycles. The number of benzene rings is 2. The fourth-order valence-electron chi connectivity index (χ4n) is 2.80. The predicted octanol–water partition coefficient (Wildman–Crippen LogP) is 4.41. The first-order valence-corrected chi connectivity index (χ1v) is 8.69. The average molecular weight is 393 g/mol. The number of ether oxygens (including phenoxy) is 2. The Balaban J connectivity index is 0.00000364. The molecule has 27 heavy (non-hydrogen) atoms. The summed E-state index contributed by atoms with van der Waals surface area (Å²) >= 11 is 0. The van der Waals surface area contributed by atoms with E-state index in [1.54, 1.807) is 27.3 Å². The highest BCUT2D eigenvalue weighted by Crippen LogP contribution is 2.27. The summed E-state index contributed by atoms with van der Waals surface area (Å²) in [6.07, 6.45) is 1.54. The number of methoxy groups -OCH3 is 1. The lowest BCUT2D eigenvalue weighted by Gasteiger charge is -2.25. The Morgan fingerprint density at radius 3 is 2.22 bits per heavy atom. The van der Waals surface area contributed by atoms with Gasteiger partial charge in [0.1, 0.15) is 11.5 Å². The first-order valence-electron chi connectivity index (χ1n) is 8.69. The summed E-state index contributed by atoms with van der Waals surface area (Å²) in [6, 6.07) is 16.2. The van der Waals surface area contributed by atoms with Gasteiger partial charge < -0.3 is 19.3 Å². The van der Waals surface area contributed by atoms with E-state index >= 15 is 0 Å². The molecular weight excluding hydrogens is 364 g/mol. The number of carbonyl (C=O) groups is 1. The monoisotopic (exact) mass is 392 g/mol. The Bertz CT molecular complexity index is 718. The van der Waals surface area contributed by atoms with Crippen molar-refractivity contribution in [3.8, 4) is 11.5 Å². The van der Waals surface area contributed by atoms with Crippen molar-refractivity contribution in [3.05, 3.63) is 59.7 Å². The van der Waals surface area contributed by atoms with Gasteiger partial charge in [-0.2, -0.15) is 0 Å². The lowest BCUT2D eigenvalue weighted by molar-refractivity contribution is 0.171. The van der Waals surface area contributed by atoms with E-state index in [9.17, 15) is 4.79 Å². The second-order valence-electron chi connectivity index (χ2n) is 6.70. The molecule has 148 valence electrons. The minimum atomic E-state index is -0.373. The zero-order chi connectivity index (χ0) is 19.1. The number of aryl methyl sites for hydroxylation is 1. The van der Waals surface area contributed by atoms with E-state index in [1.807, 2.05) is 24.3 Å². The molecule has 0 aliphatic carbocycles. The van der Waals surface area contributed by atoms with Gasteiger partial charge in [-0.05, 0) is 62.3 Å². The SMILES string of the molecule is COc1ccc(CCC(c2cccc(OC(=O)N(C)C)c2)N(C)C)cc1.Cl. The predicted molar refractivity (Wildman–Crippen MR) is 111 cm³/mol. The molecule has 1 unspecified atom stereocenters. The maximum absolute atomic E-state index is 11.8. The molecule has 0 heterocycles. The standard InChI is InChI=1S/C21H28N2O3.ClH/c1-22(2)20(14-11-16-9-12-18(25-5)13-10-16)17-7-6-8-19(15-17)26-21(24)23(3)4;/h6-10,12-13,15,20H,11,14H2,1-5H3;1H. The third-order valence-electron chi connectivity index (χ3n) is 4.30. The minimum Gasteiger partial charge on any atom is -0.497 e. The van der Waals surface area contributed by atoms with Gasteiger partial charge in [-0.25, -0.2) is 4.79 Å². The highest BCUT2D eigenvalue weighted by molar-refractivity contribution is 5.85. The number of hydrogen-bond acceptors (Lipinski definition) is 4. The normalized spacial score (nSPS) is 11.5. The van der Waals surface area contributed by atoms with Gasteiger partial charge in [0.2, 0.25) is 0 Å². The molecule has 2 rings (SSSR count). The van der Waals surface area contributed by atoms with Crippen LogP contribution in [0.15, 0.2) is 48.5 Å². The van der Waals surface area contributed by atoms with Crippen molar-refractivity contribution in [2.75, 3.05) is 35.3 Å². The fraction of sp³-hybridized carbons (Fsp3) is 0.381. The fourth-order valence-corrected chi connectivity index (χ4v) is 2.80. The quantitative estimate of drug-likeness (QED) is 0.699. The van der Waals surface area contributed by atoms with Crippen LogP contribution in [0.1, 0.15) is 23.6 Å². The number of hydrogen-bond donors (Lipinski definition) is 0. The molecule has 1 atom stereocenters. The molecule has 0 saturated heterocycles. The summed E-state index contributed by atoms with van der Waals surface area (Å²) in [4.78, 5) is 15.4. The topological polar surface area (TPSA) is 42.0 Å². The molecule has 0 fully saturated rings. The molecule has 0 aliphatic rings. The van der Waals surface area contributed by atoms with Gasteiger partial charge in [-0.3, -0.25) is 0 Å². The van der Waals surface area contributed by atoms with Gasteiger partial charge in [0.05, 0.1) is 7.11 Å². The first-order chi connectivity index (χ1) is 12.4. The van der Waals surface area contributed by atoms with Crippen LogP contribution in [-0.2, 0) is 6.42 Å². The molecule has 6 heteroatoms. The van der Waals surface area contributed by atoms with E-state index in [-0.39, 0.29) is 24.5 Å². The molecule has 0 bridgehead atoms. The van der Waals surface area contributed by atoms with Gasteiger partial charge >= 0.3 is 6.09 Å². The summed E-state index contributed by atoms with van der Waals surface area (Å²) < 4.78 is 10.6. The van der Waals surface area contributed by atoms with Crippen molar-refractivity contribution < 1.29 is 14.3 Å². The molecule has 0 radical (unpaired) electrons. The van der Waals surface area contributed by atoms with E-state index in [2.05, 4.69) is 37.2 Å². The molecule has 5 nitrogen and oxygen atoms in total. The second-order valence-corrected chi connectivity index (χ2v) is 6.70. The minimum absolute atomic E-state index is 0. The Morgan fingerprint density at radius 2 is 1.67 bits per heavy atom. The summed E-state index contributed by atoms with van der Waals surface area (Å²) in [7, 11) is 9.15. The number of halogens is 1. The molecule has 1 amide bonds. The number of amides is 1. The summed E-state index contributed by atoms with van der Waals surface area (Å²) in [5.74, 6) is 1.44. The maximum Gasteiger partial charge on any atom is 0.414 e. The van der Waals surface area contributed by atoms with Crippen LogP contribution in [0.25, 0.3) is 0 Å². The van der Waals surface area contributed by atoms with Gasteiger partial charge in [-0.1, -0.05) is 24.3 Å². The maximum atomic E-state index is 11.8. The Labute approximate surface area is 168 Å². The third-order valence-corrected chi connectivity index (χ3v) is 4.30. The van der Waals surface area contributed by atoms with Crippen LogP contribution in [-0.4, -0.2) is 51.2 Å². The number of rotatable bonds is 7. The van der Waals surface area contributed by atoms with Crippen molar-refractivity contribution in [2.45, 2.75) is 18.9 Å². The largest absolute Gasteiger partial charge is 0.497 e. The van der Waals surface area contributed by atoms with Crippen molar-refractivity contribution >= 4 is 18.5 Å². The van der Waals surface area contributed by atoms with Crippen LogP contribution in [0.2, 0.25) is 0 Å². The molecule has 2 aromatic carbocycles. The molecule has 0 N–H and O–H groups in total. The van der Waals surface area contributed by atoms with Crippen LogP contribution in [0.3, 0.4) is 0 Å². The van der Waals surface area contributed by atoms with E-state index in [0.29, 0.717) is 5.75 Å². The summed E-state index contributed by atoms with van der Waals surface area (Å²) in [5, 5.41) is 0. The Hall–Kier alpha value is -2.24. The Morgan fingerprint density at radius 1 is 1.00 bits per heavy atom. The average Bonchev–Trinajstić information content (AvgIpc) is 2.62. The third kappa shape index (κ3) is 6.77.